The molecule has 1 saturated heterocycles. The topological polar surface area (TPSA) is 143 Å². The van der Waals surface area contributed by atoms with E-state index in [-0.39, 0.29) is 23.3 Å². The van der Waals surface area contributed by atoms with E-state index in [1.807, 2.05) is 18.2 Å². The van der Waals surface area contributed by atoms with Crippen molar-refractivity contribution >= 4 is 41.1 Å². The molecule has 0 spiro atoms. The van der Waals surface area contributed by atoms with Crippen molar-refractivity contribution in [1.29, 1.82) is 0 Å². The summed E-state index contributed by atoms with van der Waals surface area (Å²) in [5.41, 5.74) is 2.75. The average molecular weight is 517 g/mol. The minimum atomic E-state index is -5.19. The van der Waals surface area contributed by atoms with Crippen molar-refractivity contribution in [2.75, 3.05) is 23.3 Å². The monoisotopic (exact) mass is 517 g/mol. The Morgan fingerprint density at radius 3 is 2.38 bits per heavy atom. The SMILES string of the molecule is O=C(O)c1cccc(N2C(=O)c3c(NC4CC[NH2+]CC4)ccc4c3C(=O)C2C=C4)c1.O=C([O-])C(F)(F)F. The van der Waals surface area contributed by atoms with Gasteiger partial charge in [-0.05, 0) is 29.8 Å². The fourth-order valence-electron chi connectivity index (χ4n) is 4.60. The van der Waals surface area contributed by atoms with Crippen LogP contribution in [0.5, 0.6) is 0 Å². The van der Waals surface area contributed by atoms with Crippen LogP contribution in [0.25, 0.3) is 6.08 Å². The molecule has 9 nitrogen and oxygen atoms in total. The summed E-state index contributed by atoms with van der Waals surface area (Å²) in [6.07, 6.45) is 0.366. The van der Waals surface area contributed by atoms with Crippen LogP contribution in [-0.4, -0.2) is 60.1 Å². The summed E-state index contributed by atoms with van der Waals surface area (Å²) < 4.78 is 31.5. The van der Waals surface area contributed by atoms with Gasteiger partial charge in [-0.15, -0.1) is 0 Å². The van der Waals surface area contributed by atoms with Crippen molar-refractivity contribution in [3.8, 4) is 0 Å². The number of alkyl halides is 3. The maximum absolute atomic E-state index is 13.6. The summed E-state index contributed by atoms with van der Waals surface area (Å²) in [7, 11) is 0. The number of carboxylic acids is 2. The Morgan fingerprint density at radius 1 is 1.08 bits per heavy atom. The number of hydrogen-bond acceptors (Lipinski definition) is 6. The van der Waals surface area contributed by atoms with Gasteiger partial charge < -0.3 is 25.6 Å². The highest BCUT2D eigenvalue weighted by Crippen LogP contribution is 2.38. The van der Waals surface area contributed by atoms with Gasteiger partial charge in [0, 0.05) is 35.8 Å². The van der Waals surface area contributed by atoms with Gasteiger partial charge in [0.1, 0.15) is 12.0 Å². The molecular weight excluding hydrogens is 495 g/mol. The fourth-order valence-corrected chi connectivity index (χ4v) is 4.60. The lowest BCUT2D eigenvalue weighted by Gasteiger charge is -2.38. The number of hydrogen-bond donors (Lipinski definition) is 3. The molecule has 2 aromatic rings. The van der Waals surface area contributed by atoms with E-state index in [9.17, 15) is 32.7 Å². The van der Waals surface area contributed by atoms with E-state index >= 15 is 0 Å². The summed E-state index contributed by atoms with van der Waals surface area (Å²) in [5, 5.41) is 23.9. The number of rotatable bonds is 4. The maximum atomic E-state index is 13.6. The first-order valence-corrected chi connectivity index (χ1v) is 11.4. The van der Waals surface area contributed by atoms with E-state index in [0.29, 0.717) is 22.5 Å². The second-order valence-electron chi connectivity index (χ2n) is 8.72. The Morgan fingerprint density at radius 2 is 1.76 bits per heavy atom. The third kappa shape index (κ3) is 5.19. The van der Waals surface area contributed by atoms with Crippen molar-refractivity contribution in [3.63, 3.8) is 0 Å². The molecule has 1 fully saturated rings. The Bertz CT molecular complexity index is 1300. The van der Waals surface area contributed by atoms with Crippen molar-refractivity contribution in [2.24, 2.45) is 0 Å². The van der Waals surface area contributed by atoms with E-state index in [0.717, 1.165) is 31.5 Å². The number of nitrogens with zero attached hydrogens (tertiary/aromatic N) is 1. The fraction of sp³-hybridized carbons (Fsp3) is 0.280. The normalized spacial score (nSPS) is 18.7. The third-order valence-corrected chi connectivity index (χ3v) is 6.32. The largest absolute Gasteiger partial charge is 0.542 e. The van der Waals surface area contributed by atoms with Gasteiger partial charge in [-0.25, -0.2) is 4.79 Å². The molecule has 2 bridgehead atoms. The third-order valence-electron chi connectivity index (χ3n) is 6.32. The highest BCUT2D eigenvalue weighted by molar-refractivity contribution is 6.27. The van der Waals surface area contributed by atoms with Crippen LogP contribution in [0.1, 0.15) is 49.5 Å². The quantitative estimate of drug-likeness (QED) is 0.550. The zero-order chi connectivity index (χ0) is 26.9. The number of carboxylic acid groups (broad SMARTS) is 2. The average Bonchev–Trinajstić information content (AvgIpc) is 2.85. The number of aliphatic carboxylic acids is 1. The van der Waals surface area contributed by atoms with E-state index in [1.165, 1.54) is 17.0 Å². The van der Waals surface area contributed by atoms with E-state index in [2.05, 4.69) is 10.6 Å². The first-order valence-electron chi connectivity index (χ1n) is 11.4. The molecule has 1 amide bonds. The number of ketones is 1. The zero-order valence-corrected chi connectivity index (χ0v) is 19.2. The predicted molar refractivity (Wildman–Crippen MR) is 123 cm³/mol. The van der Waals surface area contributed by atoms with E-state index in [4.69, 9.17) is 9.90 Å². The van der Waals surface area contributed by atoms with E-state index in [1.54, 1.807) is 18.2 Å². The molecule has 12 heteroatoms. The minimum absolute atomic E-state index is 0.0730. The Kier molecular flexibility index (Phi) is 7.03. The lowest BCUT2D eigenvalue weighted by molar-refractivity contribution is -0.662. The molecule has 0 saturated carbocycles. The van der Waals surface area contributed by atoms with E-state index < -0.39 is 24.2 Å². The van der Waals surface area contributed by atoms with Gasteiger partial charge in [0.05, 0.1) is 24.2 Å². The standard InChI is InChI=1S/C23H21N3O4.C2HF3O2/c27-21-18-7-5-13-4-6-17(25-15-8-10-24-11-9-15)20(19(13)21)22(28)26(18)16-3-1-2-14(12-16)23(29)30;3-2(4,5)1(6)7/h1-7,12,15,18,24-25H,8-11H2,(H,29,30);(H,6,7). The first kappa shape index (κ1) is 25.9. The molecule has 0 aromatic heterocycles. The van der Waals surface area contributed by atoms with Gasteiger partial charge in [-0.2, -0.15) is 13.2 Å². The maximum Gasteiger partial charge on any atom is 0.430 e. The van der Waals surface area contributed by atoms with Crippen LogP contribution < -0.4 is 20.6 Å². The molecule has 1 atom stereocenters. The van der Waals surface area contributed by atoms with Gasteiger partial charge in [0.2, 0.25) is 0 Å². The van der Waals surface area contributed by atoms with Crippen LogP contribution in [-0.2, 0) is 4.79 Å². The molecule has 0 radical (unpaired) electrons. The molecule has 2 aliphatic heterocycles. The van der Waals surface area contributed by atoms with Gasteiger partial charge >= 0.3 is 12.1 Å². The van der Waals surface area contributed by atoms with Crippen LogP contribution in [0.3, 0.4) is 0 Å². The number of amides is 1. The zero-order valence-electron chi connectivity index (χ0n) is 19.2. The number of nitrogens with one attached hydrogen (secondary N) is 1. The van der Waals surface area contributed by atoms with Gasteiger partial charge in [0.25, 0.3) is 5.91 Å². The molecule has 2 aromatic carbocycles. The van der Waals surface area contributed by atoms with Gasteiger partial charge in [0.15, 0.2) is 5.78 Å². The second-order valence-corrected chi connectivity index (χ2v) is 8.72. The van der Waals surface area contributed by atoms with Crippen LogP contribution in [0.2, 0.25) is 0 Å². The summed E-state index contributed by atoms with van der Waals surface area (Å²) in [5.74, 6) is -4.50. The second kappa shape index (κ2) is 10.1. The molecule has 1 aliphatic carbocycles. The van der Waals surface area contributed by atoms with Crippen LogP contribution in [0.15, 0.2) is 42.5 Å². The number of benzene rings is 2. The number of quaternary nitrogens is 1. The molecule has 1 unspecified atom stereocenters. The minimum Gasteiger partial charge on any atom is -0.542 e. The summed E-state index contributed by atoms with van der Waals surface area (Å²) >= 11 is 0. The molecule has 37 heavy (non-hydrogen) atoms. The smallest absolute Gasteiger partial charge is 0.430 e. The van der Waals surface area contributed by atoms with Crippen molar-refractivity contribution in [1.82, 2.24) is 0 Å². The number of piperidine rings is 1. The number of anilines is 2. The lowest BCUT2D eigenvalue weighted by Crippen LogP contribution is -2.87. The van der Waals surface area contributed by atoms with Crippen molar-refractivity contribution < 1.29 is 47.9 Å². The molecule has 5 rings (SSSR count). The van der Waals surface area contributed by atoms with Crippen LogP contribution >= 0.6 is 0 Å². The summed E-state index contributed by atoms with van der Waals surface area (Å²) in [6, 6.07) is 9.42. The number of halogens is 3. The molecule has 194 valence electrons. The van der Waals surface area contributed by atoms with Gasteiger partial charge in [-0.1, -0.05) is 24.3 Å². The summed E-state index contributed by atoms with van der Waals surface area (Å²) in [6.45, 7) is 2.06. The molecule has 4 N–H and O–H groups in total. The number of nitrogens with two attached hydrogens (primary N) is 1. The number of aromatic carboxylic acids is 1. The number of Topliss-reactive ketones (excluding diaryl/α,β-unsaturated/α-hetero) is 1. The molecule has 3 aliphatic rings. The molecular formula is C25H22F3N3O6. The Labute approximate surface area is 208 Å². The lowest BCUT2D eigenvalue weighted by atomic mass is 9.82. The first-order chi connectivity index (χ1) is 17.5. The summed E-state index contributed by atoms with van der Waals surface area (Å²) in [4.78, 5) is 48.6. The van der Waals surface area contributed by atoms with Crippen molar-refractivity contribution in [2.45, 2.75) is 31.1 Å². The Hall–Kier alpha value is -4.19. The van der Waals surface area contributed by atoms with Crippen molar-refractivity contribution in [3.05, 3.63) is 64.7 Å². The molecule has 2 heterocycles. The highest BCUT2D eigenvalue weighted by Gasteiger charge is 2.43. The van der Waals surface area contributed by atoms with Gasteiger partial charge in [-0.3, -0.25) is 14.5 Å². The Balaban J connectivity index is 0.000000405. The highest BCUT2D eigenvalue weighted by atomic mass is 19.4. The van der Waals surface area contributed by atoms with Crippen LogP contribution in [0.4, 0.5) is 24.5 Å². The number of fused-ring (bicyclic) bond motifs is 1. The number of carbonyl (C=O) groups is 4. The predicted octanol–water partition coefficient (Wildman–Crippen LogP) is 1.06. The number of carbonyl (C=O) groups excluding carboxylic acids is 3. The van der Waals surface area contributed by atoms with Crippen LogP contribution in [0, 0.1) is 0 Å².